The van der Waals surface area contributed by atoms with Crippen molar-refractivity contribution in [1.82, 2.24) is 4.98 Å². The van der Waals surface area contributed by atoms with Gasteiger partial charge in [0.1, 0.15) is 0 Å². The second-order valence-corrected chi connectivity index (χ2v) is 5.79. The van der Waals surface area contributed by atoms with Crippen LogP contribution < -0.4 is 3.79 Å². The standard InChI is InChI=1S/C17H21NO.Al/c1-5-13-9-7-10-14(16(13)19)17(3,4)15-11-6-8-12(2)18-15;/h6-11,19H,5H2,1-4H3;/q;+1/p-1. The predicted molar refractivity (Wildman–Crippen MR) is 83.3 cm³/mol. The summed E-state index contributed by atoms with van der Waals surface area (Å²) in [5.74, 6) is 0.952. The minimum absolute atomic E-state index is 0.191. The first-order valence-electron chi connectivity index (χ1n) is 6.94. The van der Waals surface area contributed by atoms with Crippen LogP contribution in [-0.4, -0.2) is 21.6 Å². The van der Waals surface area contributed by atoms with Crippen LogP contribution in [-0.2, 0) is 11.8 Å². The molecule has 2 aromatic rings. The fraction of sp³-hybridized carbons (Fsp3) is 0.353. The molecule has 20 heavy (non-hydrogen) atoms. The Morgan fingerprint density at radius 1 is 1.15 bits per heavy atom. The van der Waals surface area contributed by atoms with Crippen molar-refractivity contribution in [3.05, 3.63) is 58.9 Å². The van der Waals surface area contributed by atoms with Crippen molar-refractivity contribution in [3.63, 3.8) is 0 Å². The van der Waals surface area contributed by atoms with Crippen LogP contribution in [0, 0.1) is 6.92 Å². The van der Waals surface area contributed by atoms with Crippen LogP contribution in [0.1, 0.15) is 43.3 Å². The van der Waals surface area contributed by atoms with E-state index in [1.54, 1.807) is 0 Å². The van der Waals surface area contributed by atoms with Gasteiger partial charge in [-0.1, -0.05) is 45.0 Å². The number of hydrogen-bond donors (Lipinski definition) is 0. The summed E-state index contributed by atoms with van der Waals surface area (Å²) in [5.41, 5.74) is 4.30. The lowest BCUT2D eigenvalue weighted by Gasteiger charge is -2.29. The van der Waals surface area contributed by atoms with Crippen molar-refractivity contribution >= 4 is 16.6 Å². The fourth-order valence-electron chi connectivity index (χ4n) is 2.52. The van der Waals surface area contributed by atoms with Gasteiger partial charge < -0.3 is 3.79 Å². The van der Waals surface area contributed by atoms with Gasteiger partial charge in [-0.15, -0.1) is 0 Å². The van der Waals surface area contributed by atoms with Crippen LogP contribution in [0.2, 0.25) is 0 Å². The van der Waals surface area contributed by atoms with Gasteiger partial charge in [0.2, 0.25) is 0 Å². The zero-order chi connectivity index (χ0) is 14.8. The Balaban J connectivity index is 2.59. The van der Waals surface area contributed by atoms with E-state index in [1.165, 1.54) is 11.1 Å². The minimum atomic E-state index is -0.191. The molecular weight excluding hydrogens is 261 g/mol. The van der Waals surface area contributed by atoms with Gasteiger partial charge in [0, 0.05) is 16.7 Å². The highest BCUT2D eigenvalue weighted by atomic mass is 27.1. The third-order valence-electron chi connectivity index (χ3n) is 3.80. The Morgan fingerprint density at radius 2 is 1.85 bits per heavy atom. The molecule has 0 saturated carbocycles. The average Bonchev–Trinajstić information content (AvgIpc) is 2.46. The molecule has 0 amide bonds. The second kappa shape index (κ2) is 5.99. The molecular formula is C17H20AlNO. The Hall–Kier alpha value is -1.30. The highest BCUT2D eigenvalue weighted by Gasteiger charge is 2.28. The maximum Gasteiger partial charge on any atom is 0.482 e. The van der Waals surface area contributed by atoms with Crippen molar-refractivity contribution in [1.29, 1.82) is 0 Å². The van der Waals surface area contributed by atoms with Crippen molar-refractivity contribution < 1.29 is 3.79 Å². The van der Waals surface area contributed by atoms with Gasteiger partial charge in [0.25, 0.3) is 0 Å². The third kappa shape index (κ3) is 2.75. The number of aromatic nitrogens is 1. The molecule has 2 radical (unpaired) electrons. The molecule has 0 aliphatic heterocycles. The maximum absolute atomic E-state index is 5.59. The van der Waals surface area contributed by atoms with Crippen molar-refractivity contribution in [2.24, 2.45) is 0 Å². The summed E-state index contributed by atoms with van der Waals surface area (Å²) in [6, 6.07) is 12.5. The lowest BCUT2D eigenvalue weighted by molar-refractivity contribution is 0.543. The van der Waals surface area contributed by atoms with E-state index in [1.807, 2.05) is 13.0 Å². The van der Waals surface area contributed by atoms with Gasteiger partial charge >= 0.3 is 16.6 Å². The van der Waals surface area contributed by atoms with E-state index in [0.717, 1.165) is 23.6 Å². The third-order valence-corrected chi connectivity index (χ3v) is 4.03. The molecule has 2 rings (SSSR count). The molecule has 102 valence electrons. The molecule has 0 N–H and O–H groups in total. The van der Waals surface area contributed by atoms with E-state index < -0.39 is 0 Å². The first-order chi connectivity index (χ1) is 9.50. The Bertz CT molecular complexity index is 608. The first kappa shape index (κ1) is 15.1. The van der Waals surface area contributed by atoms with E-state index in [-0.39, 0.29) is 5.41 Å². The number of benzene rings is 1. The zero-order valence-electron chi connectivity index (χ0n) is 12.6. The van der Waals surface area contributed by atoms with Crippen LogP contribution in [0.15, 0.2) is 36.4 Å². The number of rotatable bonds is 4. The van der Waals surface area contributed by atoms with E-state index >= 15 is 0 Å². The molecule has 0 saturated heterocycles. The van der Waals surface area contributed by atoms with E-state index in [2.05, 4.69) is 72.7 Å². The highest BCUT2D eigenvalue weighted by Crippen LogP contribution is 2.38. The molecule has 0 aliphatic rings. The first-order valence-corrected chi connectivity index (χ1v) is 7.41. The number of pyridine rings is 1. The molecule has 1 aromatic carbocycles. The lowest BCUT2D eigenvalue weighted by Crippen LogP contribution is -2.22. The monoisotopic (exact) mass is 281 g/mol. The average molecular weight is 281 g/mol. The topological polar surface area (TPSA) is 22.1 Å². The molecule has 1 heterocycles. The van der Waals surface area contributed by atoms with Crippen molar-refractivity contribution in [3.8, 4) is 5.75 Å². The van der Waals surface area contributed by atoms with Gasteiger partial charge in [0.15, 0.2) is 0 Å². The van der Waals surface area contributed by atoms with Gasteiger partial charge in [-0.25, -0.2) is 0 Å². The zero-order valence-corrected chi connectivity index (χ0v) is 13.8. The second-order valence-electron chi connectivity index (χ2n) is 5.55. The summed E-state index contributed by atoms with van der Waals surface area (Å²) < 4.78 is 5.59. The quantitative estimate of drug-likeness (QED) is 0.796. The molecule has 0 bridgehead atoms. The Labute approximate surface area is 130 Å². The molecule has 0 unspecified atom stereocenters. The lowest BCUT2D eigenvalue weighted by atomic mass is 9.79. The molecule has 1 aromatic heterocycles. The van der Waals surface area contributed by atoms with Crippen LogP contribution in [0.25, 0.3) is 0 Å². The summed E-state index contributed by atoms with van der Waals surface area (Å²) in [7, 11) is 0. The van der Waals surface area contributed by atoms with Gasteiger partial charge in [-0.3, -0.25) is 4.98 Å². The largest absolute Gasteiger partial charge is 0.653 e. The van der Waals surface area contributed by atoms with Crippen molar-refractivity contribution in [2.75, 3.05) is 0 Å². The molecule has 0 spiro atoms. The fourth-order valence-corrected chi connectivity index (χ4v) is 2.80. The summed E-state index contributed by atoms with van der Waals surface area (Å²) in [6.45, 7) is 8.55. The molecule has 0 fully saturated rings. The van der Waals surface area contributed by atoms with Gasteiger partial charge in [0.05, 0.1) is 11.4 Å². The predicted octanol–water partition coefficient (Wildman–Crippen LogP) is 3.74. The van der Waals surface area contributed by atoms with Crippen LogP contribution in [0.5, 0.6) is 5.75 Å². The summed E-state index contributed by atoms with van der Waals surface area (Å²) in [4.78, 5) is 4.69. The SMILES string of the molecule is CCc1cccc(C(C)(C)c2cccc(C)n2)c1[O][Al]. The van der Waals surface area contributed by atoms with Gasteiger partial charge in [-0.2, -0.15) is 0 Å². The molecule has 0 atom stereocenters. The normalized spacial score (nSPS) is 11.4. The van der Waals surface area contributed by atoms with Crippen molar-refractivity contribution in [2.45, 2.75) is 39.5 Å². The van der Waals surface area contributed by atoms with Crippen LogP contribution >= 0.6 is 0 Å². The van der Waals surface area contributed by atoms with Crippen LogP contribution in [0.3, 0.4) is 0 Å². The van der Waals surface area contributed by atoms with Crippen LogP contribution in [0.4, 0.5) is 0 Å². The molecule has 0 aliphatic carbocycles. The summed E-state index contributed by atoms with van der Waals surface area (Å²) in [6.07, 6.45) is 0.953. The number of nitrogens with zero attached hydrogens (tertiary/aromatic N) is 1. The summed E-state index contributed by atoms with van der Waals surface area (Å²) >= 11 is 2.38. The number of hydrogen-bond acceptors (Lipinski definition) is 2. The number of aryl methyl sites for hydroxylation is 2. The number of para-hydroxylation sites is 1. The highest BCUT2D eigenvalue weighted by molar-refractivity contribution is 6.00. The maximum atomic E-state index is 5.59. The minimum Gasteiger partial charge on any atom is -0.653 e. The van der Waals surface area contributed by atoms with E-state index in [4.69, 9.17) is 3.79 Å². The molecule has 2 nitrogen and oxygen atoms in total. The van der Waals surface area contributed by atoms with E-state index in [0.29, 0.717) is 0 Å². The van der Waals surface area contributed by atoms with E-state index in [9.17, 15) is 0 Å². The van der Waals surface area contributed by atoms with Gasteiger partial charge in [-0.05, 0) is 31.0 Å². The molecule has 3 heteroatoms. The summed E-state index contributed by atoms with van der Waals surface area (Å²) in [5, 5.41) is 0. The Kier molecular flexibility index (Phi) is 4.53. The Morgan fingerprint density at radius 3 is 2.45 bits per heavy atom. The smallest absolute Gasteiger partial charge is 0.482 e.